The Morgan fingerprint density at radius 2 is 1.95 bits per heavy atom. The van der Waals surface area contributed by atoms with Gasteiger partial charge in [-0.05, 0) is 19.1 Å². The van der Waals surface area contributed by atoms with E-state index >= 15 is 0 Å². The van der Waals surface area contributed by atoms with E-state index in [1.54, 1.807) is 12.1 Å². The summed E-state index contributed by atoms with van der Waals surface area (Å²) >= 11 is 0.595. The highest BCUT2D eigenvalue weighted by atomic mass is 32.2. The van der Waals surface area contributed by atoms with Crippen LogP contribution in [0.5, 0.6) is 0 Å². The number of fused-ring (bicyclic) bond motifs is 1. The molecule has 1 N–H and O–H groups in total. The predicted octanol–water partition coefficient (Wildman–Crippen LogP) is 3.72. The summed E-state index contributed by atoms with van der Waals surface area (Å²) in [6, 6.07) is 7.24. The number of benzene rings is 1. The molecule has 2 aromatic rings. The van der Waals surface area contributed by atoms with E-state index in [0.717, 1.165) is 5.39 Å². The van der Waals surface area contributed by atoms with Gasteiger partial charge in [0.05, 0.1) is 11.3 Å². The first-order valence-corrected chi connectivity index (χ1v) is 6.68. The Hall–Kier alpha value is -1.50. The molecule has 0 aliphatic carbocycles. The second kappa shape index (κ2) is 5.64. The molecule has 0 amide bonds. The molecule has 7 heteroatoms. The Balaban J connectivity index is 2.35. The number of para-hydroxylation sites is 1. The third-order valence-electron chi connectivity index (χ3n) is 2.29. The summed E-state index contributed by atoms with van der Waals surface area (Å²) in [5.41, 5.74) is 0.637. The molecule has 0 saturated carbocycles. The number of nitrogens with zero attached hydrogens (tertiary/aromatic N) is 2. The highest BCUT2D eigenvalue weighted by Gasteiger charge is 2.28. The molecule has 0 unspecified atom stereocenters. The van der Waals surface area contributed by atoms with Gasteiger partial charge in [0.1, 0.15) is 5.82 Å². The second-order valence-electron chi connectivity index (χ2n) is 3.81. The molecule has 1 aromatic carbocycles. The van der Waals surface area contributed by atoms with Gasteiger partial charge in [0.15, 0.2) is 5.16 Å². The monoisotopic (exact) mass is 287 g/mol. The summed E-state index contributed by atoms with van der Waals surface area (Å²) in [6.45, 7) is 2.55. The highest BCUT2D eigenvalue weighted by Crippen LogP contribution is 2.28. The van der Waals surface area contributed by atoms with Gasteiger partial charge < -0.3 is 5.32 Å². The first-order valence-electron chi connectivity index (χ1n) is 5.70. The molecule has 1 heterocycles. The zero-order chi connectivity index (χ0) is 13.9. The molecule has 102 valence electrons. The van der Waals surface area contributed by atoms with Crippen molar-refractivity contribution >= 4 is 28.5 Å². The van der Waals surface area contributed by atoms with Crippen LogP contribution in [0.3, 0.4) is 0 Å². The van der Waals surface area contributed by atoms with E-state index in [4.69, 9.17) is 0 Å². The van der Waals surface area contributed by atoms with Crippen LogP contribution in [0.25, 0.3) is 10.9 Å². The molecule has 2 rings (SSSR count). The van der Waals surface area contributed by atoms with Crippen molar-refractivity contribution in [2.24, 2.45) is 0 Å². The molecule has 1 aromatic heterocycles. The summed E-state index contributed by atoms with van der Waals surface area (Å²) in [4.78, 5) is 8.27. The average molecular weight is 287 g/mol. The van der Waals surface area contributed by atoms with Crippen molar-refractivity contribution in [2.45, 2.75) is 18.3 Å². The van der Waals surface area contributed by atoms with E-state index < -0.39 is 11.9 Å². The lowest BCUT2D eigenvalue weighted by molar-refractivity contribution is -0.105. The van der Waals surface area contributed by atoms with Gasteiger partial charge in [-0.2, -0.15) is 13.2 Å². The van der Waals surface area contributed by atoms with Crippen LogP contribution in [-0.2, 0) is 0 Å². The lowest BCUT2D eigenvalue weighted by Crippen LogP contribution is -2.11. The van der Waals surface area contributed by atoms with E-state index in [2.05, 4.69) is 15.3 Å². The third kappa shape index (κ3) is 3.73. The van der Waals surface area contributed by atoms with Crippen molar-refractivity contribution in [3.63, 3.8) is 0 Å². The molecule has 0 aliphatic rings. The molecule has 0 radical (unpaired) electrons. The van der Waals surface area contributed by atoms with Crippen LogP contribution in [0.15, 0.2) is 29.4 Å². The SMILES string of the molecule is CCNc1nc(SCC(F)(F)F)nc2ccccc12. The van der Waals surface area contributed by atoms with Crippen LogP contribution >= 0.6 is 11.8 Å². The Bertz CT molecular complexity index is 572. The zero-order valence-electron chi connectivity index (χ0n) is 10.2. The van der Waals surface area contributed by atoms with Gasteiger partial charge >= 0.3 is 6.18 Å². The maximum absolute atomic E-state index is 12.2. The molecule has 0 spiro atoms. The van der Waals surface area contributed by atoms with Crippen LogP contribution in [0, 0.1) is 0 Å². The van der Waals surface area contributed by atoms with Crippen molar-refractivity contribution < 1.29 is 13.2 Å². The first-order chi connectivity index (χ1) is 8.99. The maximum Gasteiger partial charge on any atom is 0.398 e. The number of aromatic nitrogens is 2. The van der Waals surface area contributed by atoms with Crippen molar-refractivity contribution in [3.05, 3.63) is 24.3 Å². The molecular weight excluding hydrogens is 275 g/mol. The normalized spacial score (nSPS) is 11.8. The standard InChI is InChI=1S/C12H12F3N3S/c1-2-16-10-8-5-3-4-6-9(8)17-11(18-10)19-7-12(13,14)15/h3-6H,2,7H2,1H3,(H,16,17,18). The lowest BCUT2D eigenvalue weighted by atomic mass is 10.2. The van der Waals surface area contributed by atoms with Crippen LogP contribution in [0.2, 0.25) is 0 Å². The number of rotatable bonds is 4. The van der Waals surface area contributed by atoms with Gasteiger partial charge in [-0.15, -0.1) is 0 Å². The number of hydrogen-bond acceptors (Lipinski definition) is 4. The van der Waals surface area contributed by atoms with Gasteiger partial charge in [0.25, 0.3) is 0 Å². The van der Waals surface area contributed by atoms with Crippen molar-refractivity contribution in [1.29, 1.82) is 0 Å². The number of hydrogen-bond donors (Lipinski definition) is 1. The smallest absolute Gasteiger partial charge is 0.370 e. The number of alkyl halides is 3. The predicted molar refractivity (Wildman–Crippen MR) is 70.5 cm³/mol. The van der Waals surface area contributed by atoms with Crippen LogP contribution in [-0.4, -0.2) is 28.4 Å². The number of thioether (sulfide) groups is 1. The van der Waals surface area contributed by atoms with Gasteiger partial charge in [0.2, 0.25) is 0 Å². The van der Waals surface area contributed by atoms with Crippen molar-refractivity contribution in [3.8, 4) is 0 Å². The minimum Gasteiger partial charge on any atom is -0.370 e. The Morgan fingerprint density at radius 1 is 1.21 bits per heavy atom. The van der Waals surface area contributed by atoms with Crippen molar-refractivity contribution in [1.82, 2.24) is 9.97 Å². The number of halogens is 3. The second-order valence-corrected chi connectivity index (χ2v) is 4.75. The maximum atomic E-state index is 12.2. The fraction of sp³-hybridized carbons (Fsp3) is 0.333. The van der Waals surface area contributed by atoms with E-state index in [9.17, 15) is 13.2 Å². The molecule has 19 heavy (non-hydrogen) atoms. The average Bonchev–Trinajstić information content (AvgIpc) is 2.36. The van der Waals surface area contributed by atoms with Crippen LogP contribution in [0.1, 0.15) is 6.92 Å². The first kappa shape index (κ1) is 13.9. The number of nitrogens with one attached hydrogen (secondary N) is 1. The minimum atomic E-state index is -4.22. The minimum absolute atomic E-state index is 0.131. The van der Waals surface area contributed by atoms with E-state index in [0.29, 0.717) is 29.6 Å². The lowest BCUT2D eigenvalue weighted by Gasteiger charge is -2.10. The molecule has 0 aliphatic heterocycles. The molecule has 0 saturated heterocycles. The molecule has 0 bridgehead atoms. The third-order valence-corrected chi connectivity index (χ3v) is 3.20. The quantitative estimate of drug-likeness (QED) is 0.687. The molecule has 3 nitrogen and oxygen atoms in total. The van der Waals surface area contributed by atoms with E-state index in [-0.39, 0.29) is 5.16 Å². The fourth-order valence-corrected chi connectivity index (χ4v) is 2.18. The zero-order valence-corrected chi connectivity index (χ0v) is 11.0. The summed E-state index contributed by atoms with van der Waals surface area (Å²) < 4.78 is 36.6. The van der Waals surface area contributed by atoms with Gasteiger partial charge in [-0.3, -0.25) is 0 Å². The summed E-state index contributed by atoms with van der Waals surface area (Å²) in [5.74, 6) is -0.422. The van der Waals surface area contributed by atoms with Crippen LogP contribution in [0.4, 0.5) is 19.0 Å². The topological polar surface area (TPSA) is 37.8 Å². The van der Waals surface area contributed by atoms with Gasteiger partial charge in [0, 0.05) is 11.9 Å². The fourth-order valence-electron chi connectivity index (χ4n) is 1.57. The summed E-state index contributed by atoms with van der Waals surface area (Å²) in [7, 11) is 0. The van der Waals surface area contributed by atoms with Gasteiger partial charge in [-0.1, -0.05) is 23.9 Å². The highest BCUT2D eigenvalue weighted by molar-refractivity contribution is 7.99. The molecular formula is C12H12F3N3S. The summed E-state index contributed by atoms with van der Waals surface area (Å²) in [6.07, 6.45) is -4.22. The Kier molecular flexibility index (Phi) is 4.14. The number of anilines is 1. The largest absolute Gasteiger partial charge is 0.398 e. The molecule has 0 atom stereocenters. The van der Waals surface area contributed by atoms with Crippen molar-refractivity contribution in [2.75, 3.05) is 17.6 Å². The Labute approximate surface area is 112 Å². The van der Waals surface area contributed by atoms with Gasteiger partial charge in [-0.25, -0.2) is 9.97 Å². The van der Waals surface area contributed by atoms with Crippen LogP contribution < -0.4 is 5.32 Å². The molecule has 0 fully saturated rings. The van der Waals surface area contributed by atoms with E-state index in [1.807, 2.05) is 19.1 Å². The Morgan fingerprint density at radius 3 is 2.63 bits per heavy atom. The van der Waals surface area contributed by atoms with E-state index in [1.165, 1.54) is 0 Å². The summed E-state index contributed by atoms with van der Waals surface area (Å²) in [5, 5.41) is 3.98.